The van der Waals surface area contributed by atoms with Crippen molar-refractivity contribution in [2.75, 3.05) is 6.26 Å². The van der Waals surface area contributed by atoms with Gasteiger partial charge < -0.3 is 4.42 Å². The van der Waals surface area contributed by atoms with Crippen molar-refractivity contribution in [3.05, 3.63) is 16.0 Å². The van der Waals surface area contributed by atoms with Crippen molar-refractivity contribution in [3.8, 4) is 10.8 Å². The Labute approximate surface area is 100 Å². The maximum absolute atomic E-state index is 11.1. The predicted molar refractivity (Wildman–Crippen MR) is 61.3 cm³/mol. The van der Waals surface area contributed by atoms with Crippen molar-refractivity contribution in [2.45, 2.75) is 5.75 Å². The van der Waals surface area contributed by atoms with Crippen LogP contribution in [0.4, 0.5) is 0 Å². The third-order valence-electron chi connectivity index (χ3n) is 1.59. The standard InChI is InChI=1S/C7H7N3O3S3/c1-16(11,12)3-5-8-2-4(15-5)6-9-10-7(14)13-6/h2H,3H2,1H3,(H,10,14). The second-order valence-corrected chi connectivity index (χ2v) is 6.73. The van der Waals surface area contributed by atoms with Crippen LogP contribution in [-0.2, 0) is 15.6 Å². The summed E-state index contributed by atoms with van der Waals surface area (Å²) in [4.78, 5) is 4.80. The van der Waals surface area contributed by atoms with E-state index in [1.54, 1.807) is 0 Å². The molecule has 0 aliphatic carbocycles. The van der Waals surface area contributed by atoms with Gasteiger partial charge in [-0.2, -0.15) is 0 Å². The van der Waals surface area contributed by atoms with E-state index in [9.17, 15) is 8.42 Å². The third-order valence-corrected chi connectivity index (χ3v) is 3.73. The fourth-order valence-corrected chi connectivity index (χ4v) is 3.20. The predicted octanol–water partition coefficient (Wildman–Crippen LogP) is 1.40. The van der Waals surface area contributed by atoms with Gasteiger partial charge in [0.15, 0.2) is 9.84 Å². The molecule has 0 amide bonds. The summed E-state index contributed by atoms with van der Waals surface area (Å²) in [5.41, 5.74) is 0. The van der Waals surface area contributed by atoms with Crippen LogP contribution in [0.3, 0.4) is 0 Å². The lowest BCUT2D eigenvalue weighted by molar-refractivity contribution is 0.553. The minimum Gasteiger partial charge on any atom is -0.408 e. The summed E-state index contributed by atoms with van der Waals surface area (Å²) in [7, 11) is -3.07. The van der Waals surface area contributed by atoms with Crippen molar-refractivity contribution >= 4 is 33.4 Å². The Hall–Kier alpha value is -1.06. The molecule has 0 radical (unpaired) electrons. The molecule has 0 aromatic carbocycles. The highest BCUT2D eigenvalue weighted by molar-refractivity contribution is 7.90. The molecule has 6 nitrogen and oxygen atoms in total. The maximum Gasteiger partial charge on any atom is 0.284 e. The van der Waals surface area contributed by atoms with Crippen molar-refractivity contribution in [2.24, 2.45) is 0 Å². The first kappa shape index (κ1) is 11.4. The average molecular weight is 277 g/mol. The molecule has 9 heteroatoms. The van der Waals surface area contributed by atoms with Gasteiger partial charge in [-0.05, 0) is 12.2 Å². The minimum absolute atomic E-state index is 0.0805. The van der Waals surface area contributed by atoms with Gasteiger partial charge in [0.25, 0.3) is 10.7 Å². The number of hydrogen-bond donors (Lipinski definition) is 1. The number of hydrogen-bond acceptors (Lipinski definition) is 7. The van der Waals surface area contributed by atoms with Crippen molar-refractivity contribution in [1.29, 1.82) is 0 Å². The quantitative estimate of drug-likeness (QED) is 0.853. The molecular formula is C7H7N3O3S3. The number of rotatable bonds is 3. The molecule has 0 saturated heterocycles. The highest BCUT2D eigenvalue weighted by Gasteiger charge is 2.12. The highest BCUT2D eigenvalue weighted by atomic mass is 32.2. The van der Waals surface area contributed by atoms with Crippen LogP contribution in [0.1, 0.15) is 5.01 Å². The van der Waals surface area contributed by atoms with E-state index in [2.05, 4.69) is 15.2 Å². The Morgan fingerprint density at radius 2 is 2.38 bits per heavy atom. The number of sulfone groups is 1. The zero-order valence-electron chi connectivity index (χ0n) is 8.13. The molecule has 0 atom stereocenters. The lowest BCUT2D eigenvalue weighted by atomic mass is 10.6. The van der Waals surface area contributed by atoms with Gasteiger partial charge in [0.1, 0.15) is 15.6 Å². The van der Waals surface area contributed by atoms with Crippen LogP contribution < -0.4 is 0 Å². The van der Waals surface area contributed by atoms with E-state index in [1.165, 1.54) is 17.5 Å². The first-order valence-corrected chi connectivity index (χ1v) is 7.41. The number of aromatic nitrogens is 3. The topological polar surface area (TPSA) is 88.9 Å². The Morgan fingerprint density at radius 1 is 1.62 bits per heavy atom. The lowest BCUT2D eigenvalue weighted by Gasteiger charge is -1.90. The average Bonchev–Trinajstić information content (AvgIpc) is 2.71. The van der Waals surface area contributed by atoms with E-state index in [-0.39, 0.29) is 10.6 Å². The fraction of sp³-hybridized carbons (Fsp3) is 0.286. The highest BCUT2D eigenvalue weighted by Crippen LogP contribution is 2.25. The van der Waals surface area contributed by atoms with Gasteiger partial charge in [-0.15, -0.1) is 16.4 Å². The Bertz CT molecular complexity index is 651. The molecule has 0 aliphatic rings. The molecule has 86 valence electrons. The monoisotopic (exact) mass is 277 g/mol. The molecule has 0 spiro atoms. The number of H-pyrrole nitrogens is 1. The molecule has 0 fully saturated rings. The Balaban J connectivity index is 2.30. The number of nitrogens with zero attached hydrogens (tertiary/aromatic N) is 2. The third kappa shape index (κ3) is 2.74. The van der Waals surface area contributed by atoms with E-state index in [0.717, 1.165) is 6.26 Å². The van der Waals surface area contributed by atoms with E-state index >= 15 is 0 Å². The molecule has 2 aromatic rings. The molecular weight excluding hydrogens is 270 g/mol. The number of aromatic amines is 1. The van der Waals surface area contributed by atoms with Gasteiger partial charge in [-0.3, -0.25) is 0 Å². The Kier molecular flexibility index (Phi) is 2.91. The van der Waals surface area contributed by atoms with E-state index in [1.807, 2.05) is 0 Å². The van der Waals surface area contributed by atoms with Crippen LogP contribution in [0, 0.1) is 4.84 Å². The van der Waals surface area contributed by atoms with Crippen LogP contribution in [-0.4, -0.2) is 29.9 Å². The molecule has 2 heterocycles. The minimum atomic E-state index is -3.07. The van der Waals surface area contributed by atoms with Crippen LogP contribution >= 0.6 is 23.6 Å². The van der Waals surface area contributed by atoms with Crippen LogP contribution in [0.2, 0.25) is 0 Å². The van der Waals surface area contributed by atoms with Gasteiger partial charge in [-0.25, -0.2) is 18.5 Å². The van der Waals surface area contributed by atoms with Crippen LogP contribution in [0.25, 0.3) is 10.8 Å². The van der Waals surface area contributed by atoms with Crippen molar-refractivity contribution < 1.29 is 12.8 Å². The van der Waals surface area contributed by atoms with E-state index in [0.29, 0.717) is 15.8 Å². The zero-order valence-corrected chi connectivity index (χ0v) is 10.6. The van der Waals surface area contributed by atoms with Crippen LogP contribution in [0.15, 0.2) is 10.6 Å². The first-order chi connectivity index (χ1) is 7.44. The molecule has 0 aliphatic heterocycles. The second kappa shape index (κ2) is 4.07. The summed E-state index contributed by atoms with van der Waals surface area (Å²) >= 11 is 5.94. The van der Waals surface area contributed by atoms with Gasteiger partial charge in [0.05, 0.1) is 6.20 Å². The molecule has 2 rings (SSSR count). The molecule has 1 N–H and O–H groups in total. The van der Waals surface area contributed by atoms with E-state index in [4.69, 9.17) is 16.6 Å². The maximum atomic E-state index is 11.1. The summed E-state index contributed by atoms with van der Waals surface area (Å²) in [6.45, 7) is 0. The SMILES string of the molecule is CS(=O)(=O)Cc1ncc(-c2n[nH]c(=S)o2)s1. The second-order valence-electron chi connectivity index (χ2n) is 3.11. The molecule has 0 unspecified atom stereocenters. The van der Waals surface area contributed by atoms with Gasteiger partial charge in [-0.1, -0.05) is 0 Å². The largest absolute Gasteiger partial charge is 0.408 e. The number of thiazole rings is 1. The fourth-order valence-electron chi connectivity index (χ4n) is 1.04. The zero-order chi connectivity index (χ0) is 11.8. The summed E-state index contributed by atoms with van der Waals surface area (Å²) in [6.07, 6.45) is 2.67. The normalized spacial score (nSPS) is 11.8. The van der Waals surface area contributed by atoms with Crippen LogP contribution in [0.5, 0.6) is 0 Å². The van der Waals surface area contributed by atoms with Gasteiger partial charge in [0, 0.05) is 6.26 Å². The summed E-state index contributed by atoms with van der Waals surface area (Å²) in [5.74, 6) is 0.241. The van der Waals surface area contributed by atoms with Gasteiger partial charge >= 0.3 is 0 Å². The molecule has 0 saturated carbocycles. The number of nitrogens with one attached hydrogen (secondary N) is 1. The summed E-state index contributed by atoms with van der Waals surface area (Å²) < 4.78 is 27.2. The molecule has 2 aromatic heterocycles. The molecule has 16 heavy (non-hydrogen) atoms. The lowest BCUT2D eigenvalue weighted by Crippen LogP contribution is -1.99. The van der Waals surface area contributed by atoms with E-state index < -0.39 is 9.84 Å². The van der Waals surface area contributed by atoms with Crippen molar-refractivity contribution in [1.82, 2.24) is 15.2 Å². The first-order valence-electron chi connectivity index (χ1n) is 4.12. The Morgan fingerprint density at radius 3 is 2.94 bits per heavy atom. The molecule has 0 bridgehead atoms. The summed E-state index contributed by atoms with van der Waals surface area (Å²) in [5, 5.41) is 6.81. The van der Waals surface area contributed by atoms with Gasteiger partial charge in [0.2, 0.25) is 0 Å². The smallest absolute Gasteiger partial charge is 0.284 e. The summed E-state index contributed by atoms with van der Waals surface area (Å²) in [6, 6.07) is 0. The van der Waals surface area contributed by atoms with Crippen molar-refractivity contribution in [3.63, 3.8) is 0 Å².